The number of hydrogen-bond acceptors (Lipinski definition) is 3. The van der Waals surface area contributed by atoms with E-state index < -0.39 is 0 Å². The van der Waals surface area contributed by atoms with Gasteiger partial charge in [-0.3, -0.25) is 4.98 Å². The number of pyridine rings is 1. The van der Waals surface area contributed by atoms with E-state index in [4.69, 9.17) is 4.74 Å². The van der Waals surface area contributed by atoms with Gasteiger partial charge in [0, 0.05) is 11.9 Å². The summed E-state index contributed by atoms with van der Waals surface area (Å²) in [6.45, 7) is 11.9. The van der Waals surface area contributed by atoms with Crippen molar-refractivity contribution in [2.24, 2.45) is 0 Å². The SMILES string of the molecule is CCNC(COC(C)(C)C)c1ccc(C)nc1. The first kappa shape index (κ1) is 14.1. The zero-order valence-electron chi connectivity index (χ0n) is 11.6. The van der Waals surface area contributed by atoms with Crippen LogP contribution in [-0.4, -0.2) is 23.7 Å². The van der Waals surface area contributed by atoms with Crippen molar-refractivity contribution in [3.05, 3.63) is 29.6 Å². The number of nitrogens with zero attached hydrogens (tertiary/aromatic N) is 1. The maximum atomic E-state index is 5.84. The third-order valence-electron chi connectivity index (χ3n) is 2.47. The van der Waals surface area contributed by atoms with E-state index >= 15 is 0 Å². The molecule has 1 unspecified atom stereocenters. The molecule has 1 atom stereocenters. The molecule has 0 aromatic carbocycles. The fourth-order valence-electron chi connectivity index (χ4n) is 1.54. The standard InChI is InChI=1S/C14H24N2O/c1-6-15-13(10-17-14(3,4)5)12-8-7-11(2)16-9-12/h7-9,13,15H,6,10H2,1-5H3. The average molecular weight is 236 g/mol. The number of rotatable bonds is 5. The second-order valence-corrected chi connectivity index (χ2v) is 5.27. The maximum Gasteiger partial charge on any atom is 0.0669 e. The van der Waals surface area contributed by atoms with Crippen molar-refractivity contribution in [1.82, 2.24) is 10.3 Å². The van der Waals surface area contributed by atoms with Crippen molar-refractivity contribution in [3.63, 3.8) is 0 Å². The van der Waals surface area contributed by atoms with Crippen LogP contribution >= 0.6 is 0 Å². The third kappa shape index (κ3) is 5.29. The lowest BCUT2D eigenvalue weighted by Gasteiger charge is -2.25. The Kier molecular flexibility index (Phi) is 5.09. The van der Waals surface area contributed by atoms with Crippen LogP contribution < -0.4 is 5.32 Å². The molecular formula is C14H24N2O. The lowest BCUT2D eigenvalue weighted by molar-refractivity contribution is -0.0146. The highest BCUT2D eigenvalue weighted by atomic mass is 16.5. The zero-order valence-corrected chi connectivity index (χ0v) is 11.6. The van der Waals surface area contributed by atoms with Gasteiger partial charge in [-0.1, -0.05) is 13.0 Å². The Morgan fingerprint density at radius 1 is 1.35 bits per heavy atom. The maximum absolute atomic E-state index is 5.84. The summed E-state index contributed by atoms with van der Waals surface area (Å²) in [4.78, 5) is 4.33. The Morgan fingerprint density at radius 3 is 2.53 bits per heavy atom. The number of aromatic nitrogens is 1. The van der Waals surface area contributed by atoms with Gasteiger partial charge in [-0.25, -0.2) is 0 Å². The number of aryl methyl sites for hydroxylation is 1. The molecule has 0 amide bonds. The van der Waals surface area contributed by atoms with Gasteiger partial charge in [0.25, 0.3) is 0 Å². The van der Waals surface area contributed by atoms with Crippen molar-refractivity contribution in [1.29, 1.82) is 0 Å². The molecule has 96 valence electrons. The van der Waals surface area contributed by atoms with Crippen LogP contribution in [0.4, 0.5) is 0 Å². The van der Waals surface area contributed by atoms with Gasteiger partial charge in [-0.05, 0) is 45.9 Å². The van der Waals surface area contributed by atoms with Crippen LogP contribution in [0.1, 0.15) is 45.0 Å². The van der Waals surface area contributed by atoms with E-state index in [2.05, 4.69) is 44.1 Å². The minimum absolute atomic E-state index is 0.105. The van der Waals surface area contributed by atoms with Gasteiger partial charge in [-0.15, -0.1) is 0 Å². The largest absolute Gasteiger partial charge is 0.374 e. The predicted molar refractivity (Wildman–Crippen MR) is 71.1 cm³/mol. The van der Waals surface area contributed by atoms with Gasteiger partial charge < -0.3 is 10.1 Å². The molecule has 0 spiro atoms. The second-order valence-electron chi connectivity index (χ2n) is 5.27. The van der Waals surface area contributed by atoms with E-state index in [1.807, 2.05) is 19.2 Å². The van der Waals surface area contributed by atoms with Gasteiger partial charge >= 0.3 is 0 Å². The molecule has 0 saturated carbocycles. The molecule has 3 heteroatoms. The van der Waals surface area contributed by atoms with Crippen LogP contribution in [0.15, 0.2) is 18.3 Å². The van der Waals surface area contributed by atoms with E-state index in [0.29, 0.717) is 6.61 Å². The van der Waals surface area contributed by atoms with E-state index in [-0.39, 0.29) is 11.6 Å². The Hall–Kier alpha value is -0.930. The monoisotopic (exact) mass is 236 g/mol. The lowest BCUT2D eigenvalue weighted by atomic mass is 10.1. The molecule has 1 heterocycles. The van der Waals surface area contributed by atoms with Gasteiger partial charge in [0.2, 0.25) is 0 Å². The van der Waals surface area contributed by atoms with Crippen LogP contribution in [0, 0.1) is 6.92 Å². The number of ether oxygens (including phenoxy) is 1. The zero-order chi connectivity index (χ0) is 12.9. The first-order chi connectivity index (χ1) is 7.92. The molecule has 3 nitrogen and oxygen atoms in total. The first-order valence-corrected chi connectivity index (χ1v) is 6.22. The molecule has 1 aromatic rings. The molecule has 0 aliphatic rings. The minimum Gasteiger partial charge on any atom is -0.374 e. The summed E-state index contributed by atoms with van der Waals surface area (Å²) in [7, 11) is 0. The molecule has 17 heavy (non-hydrogen) atoms. The molecule has 0 saturated heterocycles. The van der Waals surface area contributed by atoms with Gasteiger partial charge in [0.15, 0.2) is 0 Å². The first-order valence-electron chi connectivity index (χ1n) is 6.22. The number of likely N-dealkylation sites (N-methyl/N-ethyl adjacent to an activating group) is 1. The number of nitrogens with one attached hydrogen (secondary N) is 1. The highest BCUT2D eigenvalue weighted by Gasteiger charge is 2.16. The fraction of sp³-hybridized carbons (Fsp3) is 0.643. The third-order valence-corrected chi connectivity index (χ3v) is 2.47. The molecule has 0 aliphatic carbocycles. The van der Waals surface area contributed by atoms with Crippen molar-refractivity contribution in [3.8, 4) is 0 Å². The van der Waals surface area contributed by atoms with E-state index in [9.17, 15) is 0 Å². The fourth-order valence-corrected chi connectivity index (χ4v) is 1.54. The molecule has 0 fully saturated rings. The highest BCUT2D eigenvalue weighted by Crippen LogP contribution is 2.16. The molecular weight excluding hydrogens is 212 g/mol. The van der Waals surface area contributed by atoms with Crippen molar-refractivity contribution in [2.45, 2.75) is 46.3 Å². The van der Waals surface area contributed by atoms with Crippen LogP contribution in [0.5, 0.6) is 0 Å². The van der Waals surface area contributed by atoms with E-state index in [0.717, 1.165) is 12.2 Å². The Balaban J connectivity index is 2.68. The lowest BCUT2D eigenvalue weighted by Crippen LogP contribution is -2.30. The molecule has 1 rings (SSSR count). The normalized spacial score (nSPS) is 13.7. The molecule has 1 aromatic heterocycles. The quantitative estimate of drug-likeness (QED) is 0.853. The summed E-state index contributed by atoms with van der Waals surface area (Å²) in [5.74, 6) is 0. The van der Waals surface area contributed by atoms with Crippen LogP contribution in [-0.2, 0) is 4.74 Å². The van der Waals surface area contributed by atoms with Crippen molar-refractivity contribution < 1.29 is 4.74 Å². The second kappa shape index (κ2) is 6.12. The Morgan fingerprint density at radius 2 is 2.06 bits per heavy atom. The van der Waals surface area contributed by atoms with E-state index in [1.165, 1.54) is 5.56 Å². The van der Waals surface area contributed by atoms with E-state index in [1.54, 1.807) is 0 Å². The summed E-state index contributed by atoms with van der Waals surface area (Å²) >= 11 is 0. The predicted octanol–water partition coefficient (Wildman–Crippen LogP) is 2.86. The molecule has 0 bridgehead atoms. The molecule has 0 radical (unpaired) electrons. The summed E-state index contributed by atoms with van der Waals surface area (Å²) in [6.07, 6.45) is 1.93. The smallest absolute Gasteiger partial charge is 0.0669 e. The van der Waals surface area contributed by atoms with Crippen LogP contribution in [0.2, 0.25) is 0 Å². The minimum atomic E-state index is -0.105. The van der Waals surface area contributed by atoms with Crippen molar-refractivity contribution in [2.75, 3.05) is 13.2 Å². The Labute approximate surface area is 105 Å². The summed E-state index contributed by atoms with van der Waals surface area (Å²) in [6, 6.07) is 4.37. The van der Waals surface area contributed by atoms with Gasteiger partial charge in [0.1, 0.15) is 0 Å². The molecule has 1 N–H and O–H groups in total. The summed E-state index contributed by atoms with van der Waals surface area (Å²) in [5, 5.41) is 3.43. The average Bonchev–Trinajstić information content (AvgIpc) is 2.24. The van der Waals surface area contributed by atoms with Crippen LogP contribution in [0.3, 0.4) is 0 Å². The summed E-state index contributed by atoms with van der Waals surface area (Å²) in [5.41, 5.74) is 2.12. The van der Waals surface area contributed by atoms with Crippen LogP contribution in [0.25, 0.3) is 0 Å². The Bertz CT molecular complexity index is 327. The highest BCUT2D eigenvalue weighted by molar-refractivity contribution is 5.17. The summed E-state index contributed by atoms with van der Waals surface area (Å²) < 4.78 is 5.84. The molecule has 0 aliphatic heterocycles. The van der Waals surface area contributed by atoms with Crippen molar-refractivity contribution >= 4 is 0 Å². The van der Waals surface area contributed by atoms with Gasteiger partial charge in [0.05, 0.1) is 18.2 Å². The number of hydrogen-bond donors (Lipinski definition) is 1. The topological polar surface area (TPSA) is 34.1 Å². The van der Waals surface area contributed by atoms with Gasteiger partial charge in [-0.2, -0.15) is 0 Å².